The summed E-state index contributed by atoms with van der Waals surface area (Å²) in [6, 6.07) is 14.7. The number of likely N-dealkylation sites (tertiary alicyclic amines) is 1. The van der Waals surface area contributed by atoms with Crippen molar-refractivity contribution >= 4 is 34.4 Å². The first-order valence-electron chi connectivity index (χ1n) is 11.8. The summed E-state index contributed by atoms with van der Waals surface area (Å²) >= 11 is 0. The Balaban J connectivity index is 1.13. The summed E-state index contributed by atoms with van der Waals surface area (Å²) in [6.45, 7) is 0.883. The Morgan fingerprint density at radius 1 is 0.972 bits per heavy atom. The minimum Gasteiger partial charge on any atom is -0.379 e. The van der Waals surface area contributed by atoms with Gasteiger partial charge in [0.1, 0.15) is 23.1 Å². The second-order valence-electron chi connectivity index (χ2n) is 9.35. The first-order valence-corrected chi connectivity index (χ1v) is 11.8. The maximum absolute atomic E-state index is 13.4. The maximum atomic E-state index is 13.4. The predicted molar refractivity (Wildman–Crippen MR) is 133 cm³/mol. The quantitative estimate of drug-likeness (QED) is 0.365. The summed E-state index contributed by atoms with van der Waals surface area (Å²) in [5.41, 5.74) is 3.55. The molecule has 182 valence electrons. The number of carbonyl (C=O) groups excluding carboxylic acids is 2. The maximum Gasteiger partial charge on any atom is 0.254 e. The second kappa shape index (κ2) is 8.75. The minimum atomic E-state index is -0.767. The Morgan fingerprint density at radius 3 is 2.39 bits per heavy atom. The van der Waals surface area contributed by atoms with E-state index in [0.717, 1.165) is 53.2 Å². The molecule has 7 nitrogen and oxygen atoms in total. The Kier molecular flexibility index (Phi) is 5.40. The summed E-state index contributed by atoms with van der Waals surface area (Å²) in [5.74, 6) is -1.30. The third-order valence-electron chi connectivity index (χ3n) is 6.57. The van der Waals surface area contributed by atoms with E-state index in [1.165, 1.54) is 0 Å². The molecule has 2 amide bonds. The molecule has 0 atom stereocenters. The van der Waals surface area contributed by atoms with Crippen molar-refractivity contribution in [1.29, 1.82) is 0 Å². The molecule has 6 rings (SSSR count). The van der Waals surface area contributed by atoms with Crippen LogP contribution in [-0.4, -0.2) is 45.8 Å². The number of hydrogen-bond acceptors (Lipinski definition) is 4. The molecule has 0 bridgehead atoms. The van der Waals surface area contributed by atoms with E-state index in [-0.39, 0.29) is 29.3 Å². The van der Waals surface area contributed by atoms with Crippen molar-refractivity contribution < 1.29 is 18.4 Å². The fourth-order valence-electron chi connectivity index (χ4n) is 4.49. The zero-order chi connectivity index (χ0) is 24.8. The fraction of sp³-hybridized carbons (Fsp3) is 0.222. The van der Waals surface area contributed by atoms with Crippen LogP contribution in [0, 0.1) is 17.6 Å². The van der Waals surface area contributed by atoms with Crippen molar-refractivity contribution in [3.05, 3.63) is 78.0 Å². The van der Waals surface area contributed by atoms with E-state index in [4.69, 9.17) is 0 Å². The number of benzene rings is 2. The lowest BCUT2D eigenvalue weighted by atomic mass is 10.0. The molecule has 2 aromatic heterocycles. The van der Waals surface area contributed by atoms with E-state index >= 15 is 0 Å². The van der Waals surface area contributed by atoms with Crippen LogP contribution in [0.15, 0.2) is 60.8 Å². The van der Waals surface area contributed by atoms with E-state index in [9.17, 15) is 18.4 Å². The molecular weight excluding hydrogens is 464 g/mol. The number of nitrogens with zero attached hydrogens (tertiary/aromatic N) is 2. The predicted octanol–water partition coefficient (Wildman–Crippen LogP) is 4.79. The lowest BCUT2D eigenvalue weighted by Crippen LogP contribution is -2.57. The highest BCUT2D eigenvalue weighted by atomic mass is 19.1. The molecule has 2 aliphatic rings. The molecule has 1 aliphatic heterocycles. The van der Waals surface area contributed by atoms with E-state index in [2.05, 4.69) is 20.6 Å². The van der Waals surface area contributed by atoms with Gasteiger partial charge in [0.05, 0.1) is 6.04 Å². The van der Waals surface area contributed by atoms with Crippen LogP contribution in [0.25, 0.3) is 22.2 Å². The van der Waals surface area contributed by atoms with Gasteiger partial charge in [-0.3, -0.25) is 9.59 Å². The van der Waals surface area contributed by atoms with Gasteiger partial charge in [0, 0.05) is 47.9 Å². The van der Waals surface area contributed by atoms with Gasteiger partial charge < -0.3 is 20.5 Å². The van der Waals surface area contributed by atoms with Crippen molar-refractivity contribution in [2.45, 2.75) is 18.9 Å². The molecule has 1 aliphatic carbocycles. The second-order valence-corrected chi connectivity index (χ2v) is 9.35. The van der Waals surface area contributed by atoms with E-state index in [1.54, 1.807) is 4.90 Å². The number of pyridine rings is 1. The molecule has 1 saturated carbocycles. The van der Waals surface area contributed by atoms with Crippen LogP contribution < -0.4 is 10.6 Å². The van der Waals surface area contributed by atoms with Gasteiger partial charge in [-0.25, -0.2) is 13.8 Å². The normalized spacial score (nSPS) is 15.6. The van der Waals surface area contributed by atoms with Gasteiger partial charge in [-0.1, -0.05) is 12.1 Å². The standard InChI is InChI=1S/C27H23F2N5O2/c28-18-9-17(10-19(29)11-18)27(36)34-13-21(14-34)31-20-5-3-15(4-6-20)23-12-24(33-26(35)16-1-2-16)32-25-22(23)7-8-30-25/h3-12,16,21,31H,1-2,13-14H2,(H2,30,32,33,35). The van der Waals surface area contributed by atoms with Gasteiger partial charge in [-0.05, 0) is 60.4 Å². The van der Waals surface area contributed by atoms with Crippen molar-refractivity contribution in [2.75, 3.05) is 23.7 Å². The Hall–Kier alpha value is -4.27. The molecule has 2 fully saturated rings. The number of fused-ring (bicyclic) bond motifs is 1. The van der Waals surface area contributed by atoms with Gasteiger partial charge in [0.2, 0.25) is 5.91 Å². The van der Waals surface area contributed by atoms with E-state index < -0.39 is 11.6 Å². The van der Waals surface area contributed by atoms with Gasteiger partial charge in [0.25, 0.3) is 5.91 Å². The van der Waals surface area contributed by atoms with Gasteiger partial charge in [-0.2, -0.15) is 0 Å². The van der Waals surface area contributed by atoms with E-state index in [1.807, 2.05) is 42.6 Å². The molecule has 0 radical (unpaired) electrons. The lowest BCUT2D eigenvalue weighted by molar-refractivity contribution is -0.117. The molecular formula is C27H23F2N5O2. The Bertz CT molecular complexity index is 1450. The summed E-state index contributed by atoms with van der Waals surface area (Å²) in [4.78, 5) is 33.9. The van der Waals surface area contributed by atoms with Crippen LogP contribution in [0.2, 0.25) is 0 Å². The average Bonchev–Trinajstić information content (AvgIpc) is 3.58. The average molecular weight is 488 g/mol. The van der Waals surface area contributed by atoms with Crippen LogP contribution in [0.1, 0.15) is 23.2 Å². The Morgan fingerprint density at radius 2 is 1.69 bits per heavy atom. The van der Waals surface area contributed by atoms with Crippen LogP contribution in [0.3, 0.4) is 0 Å². The molecule has 1 saturated heterocycles. The summed E-state index contributed by atoms with van der Waals surface area (Å²) in [5, 5.41) is 7.27. The first-order chi connectivity index (χ1) is 17.4. The minimum absolute atomic E-state index is 0.00876. The van der Waals surface area contributed by atoms with Gasteiger partial charge in [0.15, 0.2) is 0 Å². The van der Waals surface area contributed by atoms with Crippen molar-refractivity contribution in [2.24, 2.45) is 5.92 Å². The number of nitrogens with one attached hydrogen (secondary N) is 3. The molecule has 36 heavy (non-hydrogen) atoms. The number of halogens is 2. The molecule has 3 N–H and O–H groups in total. The number of amides is 2. The van der Waals surface area contributed by atoms with Crippen molar-refractivity contribution in [3.63, 3.8) is 0 Å². The molecule has 9 heteroatoms. The molecule has 3 heterocycles. The molecule has 0 spiro atoms. The highest BCUT2D eigenvalue weighted by Crippen LogP contribution is 2.33. The van der Waals surface area contributed by atoms with Crippen LogP contribution in [0.4, 0.5) is 20.3 Å². The third-order valence-corrected chi connectivity index (χ3v) is 6.57. The number of H-pyrrole nitrogens is 1. The number of anilines is 2. The largest absolute Gasteiger partial charge is 0.379 e. The monoisotopic (exact) mass is 487 g/mol. The van der Waals surface area contributed by atoms with Gasteiger partial charge >= 0.3 is 0 Å². The number of hydrogen-bond donors (Lipinski definition) is 3. The zero-order valence-corrected chi connectivity index (χ0v) is 19.2. The van der Waals surface area contributed by atoms with Crippen LogP contribution in [0.5, 0.6) is 0 Å². The van der Waals surface area contributed by atoms with Crippen LogP contribution >= 0.6 is 0 Å². The first kappa shape index (κ1) is 22.2. The summed E-state index contributed by atoms with van der Waals surface area (Å²) < 4.78 is 26.9. The van der Waals surface area contributed by atoms with Gasteiger partial charge in [-0.15, -0.1) is 0 Å². The Labute approximate surface area is 205 Å². The lowest BCUT2D eigenvalue weighted by Gasteiger charge is -2.40. The van der Waals surface area contributed by atoms with Crippen molar-refractivity contribution in [3.8, 4) is 11.1 Å². The molecule has 2 aromatic carbocycles. The smallest absolute Gasteiger partial charge is 0.254 e. The number of carbonyl (C=O) groups is 2. The fourth-order valence-corrected chi connectivity index (χ4v) is 4.49. The molecule has 4 aromatic rings. The third kappa shape index (κ3) is 4.39. The summed E-state index contributed by atoms with van der Waals surface area (Å²) in [6.07, 6.45) is 3.67. The van der Waals surface area contributed by atoms with Crippen LogP contribution in [-0.2, 0) is 4.79 Å². The zero-order valence-electron chi connectivity index (χ0n) is 19.2. The van der Waals surface area contributed by atoms with E-state index in [0.29, 0.717) is 24.6 Å². The van der Waals surface area contributed by atoms with Crippen molar-refractivity contribution in [1.82, 2.24) is 14.9 Å². The SMILES string of the molecule is O=C(Nc1cc(-c2ccc(NC3CN(C(=O)c4cc(F)cc(F)c4)C3)cc2)c2cc[nH]c2n1)C1CC1. The molecule has 0 unspecified atom stereocenters. The highest BCUT2D eigenvalue weighted by molar-refractivity contribution is 5.99. The number of aromatic amines is 1. The highest BCUT2D eigenvalue weighted by Gasteiger charge is 2.32. The topological polar surface area (TPSA) is 90.1 Å². The summed E-state index contributed by atoms with van der Waals surface area (Å²) in [7, 11) is 0. The number of rotatable bonds is 6. The number of aromatic nitrogens is 2.